The molecule has 0 saturated carbocycles. The summed E-state index contributed by atoms with van der Waals surface area (Å²) in [6, 6.07) is 22.7. The van der Waals surface area contributed by atoms with E-state index in [0.29, 0.717) is 19.6 Å². The zero-order valence-corrected chi connectivity index (χ0v) is 15.6. The lowest BCUT2D eigenvalue weighted by atomic mass is 9.97. The van der Waals surface area contributed by atoms with E-state index in [4.69, 9.17) is 16.5 Å². The maximum absolute atomic E-state index is 5.75. The Balaban J connectivity index is 1.94. The van der Waals surface area contributed by atoms with Gasteiger partial charge in [0.1, 0.15) is 5.82 Å². The maximum atomic E-state index is 5.75. The van der Waals surface area contributed by atoms with Gasteiger partial charge < -0.3 is 16.8 Å². The quantitative estimate of drug-likeness (QED) is 0.481. The van der Waals surface area contributed by atoms with Gasteiger partial charge >= 0.3 is 0 Å². The Morgan fingerprint density at radius 2 is 1.64 bits per heavy atom. The lowest BCUT2D eigenvalue weighted by molar-refractivity contribution is 1.01. The molecule has 2 aromatic carbocycles. The molecule has 0 radical (unpaired) electrons. The number of aromatic nitrogens is 2. The Hall–Kier alpha value is -3.28. The first-order valence-corrected chi connectivity index (χ1v) is 9.38. The summed E-state index contributed by atoms with van der Waals surface area (Å²) in [4.78, 5) is 9.49. The van der Waals surface area contributed by atoms with Crippen molar-refractivity contribution < 1.29 is 0 Å². The first-order chi connectivity index (χ1) is 13.8. The number of nitrogens with zero attached hydrogens (tertiary/aromatic N) is 2. The number of pyridine rings is 2. The molecule has 0 saturated heterocycles. The summed E-state index contributed by atoms with van der Waals surface area (Å²) in [5.74, 6) is 0.803. The van der Waals surface area contributed by atoms with Gasteiger partial charge in [0.2, 0.25) is 0 Å². The minimum absolute atomic E-state index is 0.527. The highest BCUT2D eigenvalue weighted by Gasteiger charge is 2.13. The predicted octanol–water partition coefficient (Wildman–Crippen LogP) is 3.79. The Kier molecular flexibility index (Phi) is 5.28. The van der Waals surface area contributed by atoms with E-state index < -0.39 is 0 Å². The van der Waals surface area contributed by atoms with Crippen LogP contribution in [0.15, 0.2) is 72.9 Å². The first kappa shape index (κ1) is 18.1. The van der Waals surface area contributed by atoms with Crippen molar-refractivity contribution in [1.82, 2.24) is 9.97 Å². The predicted molar refractivity (Wildman–Crippen MR) is 116 cm³/mol. The van der Waals surface area contributed by atoms with Crippen LogP contribution in [0.3, 0.4) is 0 Å². The van der Waals surface area contributed by atoms with E-state index in [-0.39, 0.29) is 0 Å². The standard InChI is InChI=1S/C23H23N5/c24-11-13-27-23-20-14-19(17-4-2-1-3-5-17)22(28-21(20)10-12-26-23)18-8-6-16(15-25)7-9-18/h1-10,12,14H,11,13,15,24-25H2,(H,26,27). The minimum Gasteiger partial charge on any atom is -0.368 e. The minimum atomic E-state index is 0.527. The van der Waals surface area contributed by atoms with Crippen molar-refractivity contribution >= 4 is 16.7 Å². The molecule has 0 fully saturated rings. The molecule has 0 aliphatic carbocycles. The molecule has 0 bridgehead atoms. The van der Waals surface area contributed by atoms with Gasteiger partial charge in [0.15, 0.2) is 0 Å². The molecule has 5 N–H and O–H groups in total. The highest BCUT2D eigenvalue weighted by molar-refractivity contribution is 5.96. The lowest BCUT2D eigenvalue weighted by Gasteiger charge is -2.14. The summed E-state index contributed by atoms with van der Waals surface area (Å²) in [6.07, 6.45) is 1.78. The molecular formula is C23H23N5. The third-order valence-corrected chi connectivity index (χ3v) is 4.73. The smallest absolute Gasteiger partial charge is 0.135 e. The average Bonchev–Trinajstić information content (AvgIpc) is 2.77. The zero-order chi connectivity index (χ0) is 19.3. The third-order valence-electron chi connectivity index (χ3n) is 4.73. The number of nitrogens with one attached hydrogen (secondary N) is 1. The molecule has 2 heterocycles. The second kappa shape index (κ2) is 8.17. The second-order valence-electron chi connectivity index (χ2n) is 6.59. The summed E-state index contributed by atoms with van der Waals surface area (Å²) in [5.41, 5.74) is 17.6. The van der Waals surface area contributed by atoms with Gasteiger partial charge in [-0.3, -0.25) is 0 Å². The van der Waals surface area contributed by atoms with Gasteiger partial charge in [0, 0.05) is 42.3 Å². The Bertz CT molecular complexity index is 1080. The van der Waals surface area contributed by atoms with Crippen LogP contribution in [-0.2, 0) is 6.54 Å². The van der Waals surface area contributed by atoms with Crippen molar-refractivity contribution in [2.24, 2.45) is 11.5 Å². The topological polar surface area (TPSA) is 89.8 Å². The van der Waals surface area contributed by atoms with Crippen LogP contribution in [0.2, 0.25) is 0 Å². The third kappa shape index (κ3) is 3.58. The molecule has 0 amide bonds. The van der Waals surface area contributed by atoms with Crippen molar-refractivity contribution in [3.63, 3.8) is 0 Å². The van der Waals surface area contributed by atoms with Crippen LogP contribution in [0, 0.1) is 0 Å². The van der Waals surface area contributed by atoms with E-state index in [2.05, 4.69) is 52.8 Å². The number of rotatable bonds is 6. The van der Waals surface area contributed by atoms with E-state index in [1.165, 1.54) is 0 Å². The van der Waals surface area contributed by atoms with Crippen molar-refractivity contribution in [1.29, 1.82) is 0 Å². The molecule has 0 unspecified atom stereocenters. The molecule has 4 aromatic rings. The zero-order valence-electron chi connectivity index (χ0n) is 15.6. The summed E-state index contributed by atoms with van der Waals surface area (Å²) in [5, 5.41) is 4.28. The molecule has 2 aromatic heterocycles. The van der Waals surface area contributed by atoms with E-state index in [0.717, 1.165) is 44.7 Å². The van der Waals surface area contributed by atoms with Crippen LogP contribution in [0.1, 0.15) is 5.56 Å². The van der Waals surface area contributed by atoms with Gasteiger partial charge in [-0.15, -0.1) is 0 Å². The normalized spacial score (nSPS) is 10.9. The van der Waals surface area contributed by atoms with Crippen LogP contribution in [-0.4, -0.2) is 23.1 Å². The number of fused-ring (bicyclic) bond motifs is 1. The number of hydrogen-bond acceptors (Lipinski definition) is 5. The van der Waals surface area contributed by atoms with Gasteiger partial charge in [0.25, 0.3) is 0 Å². The summed E-state index contributed by atoms with van der Waals surface area (Å²) < 4.78 is 0. The summed E-state index contributed by atoms with van der Waals surface area (Å²) >= 11 is 0. The van der Waals surface area contributed by atoms with Crippen molar-refractivity contribution in [2.45, 2.75) is 6.54 Å². The highest BCUT2D eigenvalue weighted by Crippen LogP contribution is 2.35. The van der Waals surface area contributed by atoms with Gasteiger partial charge in [-0.05, 0) is 23.3 Å². The largest absolute Gasteiger partial charge is 0.368 e. The molecular weight excluding hydrogens is 346 g/mol. The van der Waals surface area contributed by atoms with E-state index >= 15 is 0 Å². The first-order valence-electron chi connectivity index (χ1n) is 9.38. The number of benzene rings is 2. The second-order valence-corrected chi connectivity index (χ2v) is 6.59. The monoisotopic (exact) mass is 369 g/mol. The molecule has 0 atom stereocenters. The highest BCUT2D eigenvalue weighted by atomic mass is 15.0. The fourth-order valence-corrected chi connectivity index (χ4v) is 3.28. The number of hydrogen-bond donors (Lipinski definition) is 3. The van der Waals surface area contributed by atoms with Crippen LogP contribution < -0.4 is 16.8 Å². The Labute approximate surface area is 164 Å². The van der Waals surface area contributed by atoms with Gasteiger partial charge in [-0.25, -0.2) is 9.97 Å². The van der Waals surface area contributed by atoms with Gasteiger partial charge in [0.05, 0.1) is 11.2 Å². The van der Waals surface area contributed by atoms with Gasteiger partial charge in [-0.2, -0.15) is 0 Å². The number of nitrogens with two attached hydrogens (primary N) is 2. The van der Waals surface area contributed by atoms with Gasteiger partial charge in [-0.1, -0.05) is 54.6 Å². The summed E-state index contributed by atoms with van der Waals surface area (Å²) in [7, 11) is 0. The van der Waals surface area contributed by atoms with E-state index in [1.54, 1.807) is 6.20 Å². The SMILES string of the molecule is NCCNc1nccc2nc(-c3ccc(CN)cc3)c(-c3ccccc3)cc12. The Morgan fingerprint density at radius 3 is 2.36 bits per heavy atom. The van der Waals surface area contributed by atoms with Crippen molar-refractivity contribution in [2.75, 3.05) is 18.4 Å². The molecule has 0 spiro atoms. The molecule has 5 heteroatoms. The summed E-state index contributed by atoms with van der Waals surface area (Å²) in [6.45, 7) is 1.73. The molecule has 4 rings (SSSR count). The lowest BCUT2D eigenvalue weighted by Crippen LogP contribution is -2.14. The van der Waals surface area contributed by atoms with E-state index in [9.17, 15) is 0 Å². The molecule has 0 aliphatic heterocycles. The Morgan fingerprint density at radius 1 is 0.857 bits per heavy atom. The van der Waals surface area contributed by atoms with Crippen LogP contribution in [0.4, 0.5) is 5.82 Å². The van der Waals surface area contributed by atoms with Crippen molar-refractivity contribution in [3.8, 4) is 22.4 Å². The molecule has 5 nitrogen and oxygen atoms in total. The fourth-order valence-electron chi connectivity index (χ4n) is 3.28. The van der Waals surface area contributed by atoms with E-state index in [1.807, 2.05) is 24.3 Å². The maximum Gasteiger partial charge on any atom is 0.135 e. The molecule has 28 heavy (non-hydrogen) atoms. The van der Waals surface area contributed by atoms with Crippen LogP contribution >= 0.6 is 0 Å². The number of anilines is 1. The molecule has 0 aliphatic rings. The molecule has 140 valence electrons. The fraction of sp³-hybridized carbons (Fsp3) is 0.130. The van der Waals surface area contributed by atoms with Crippen LogP contribution in [0.5, 0.6) is 0 Å². The average molecular weight is 369 g/mol. The van der Waals surface area contributed by atoms with Crippen molar-refractivity contribution in [3.05, 3.63) is 78.5 Å². The van der Waals surface area contributed by atoms with Crippen LogP contribution in [0.25, 0.3) is 33.3 Å².